The van der Waals surface area contributed by atoms with E-state index >= 15 is 0 Å². The SMILES string of the molecule is CCCC(N)c1ccc(CCOC)cc1. The van der Waals surface area contributed by atoms with E-state index in [9.17, 15) is 0 Å². The molecule has 2 heteroatoms. The van der Waals surface area contributed by atoms with Crippen LogP contribution in [0.2, 0.25) is 0 Å². The fraction of sp³-hybridized carbons (Fsp3) is 0.538. The minimum atomic E-state index is 0.187. The zero-order chi connectivity index (χ0) is 11.1. The van der Waals surface area contributed by atoms with Crippen molar-refractivity contribution in [1.82, 2.24) is 0 Å². The second kappa shape index (κ2) is 6.59. The third-order valence-corrected chi connectivity index (χ3v) is 2.60. The van der Waals surface area contributed by atoms with Gasteiger partial charge in [0.15, 0.2) is 0 Å². The minimum absolute atomic E-state index is 0.187. The molecular weight excluding hydrogens is 186 g/mol. The van der Waals surface area contributed by atoms with Crippen molar-refractivity contribution in [1.29, 1.82) is 0 Å². The van der Waals surface area contributed by atoms with Crippen molar-refractivity contribution in [3.05, 3.63) is 35.4 Å². The third-order valence-electron chi connectivity index (χ3n) is 2.60. The molecule has 0 aromatic heterocycles. The number of hydrogen-bond donors (Lipinski definition) is 1. The average molecular weight is 207 g/mol. The van der Waals surface area contributed by atoms with Gasteiger partial charge in [-0.15, -0.1) is 0 Å². The maximum atomic E-state index is 6.03. The van der Waals surface area contributed by atoms with E-state index in [0.717, 1.165) is 25.9 Å². The van der Waals surface area contributed by atoms with Crippen LogP contribution in [-0.2, 0) is 11.2 Å². The van der Waals surface area contributed by atoms with Crippen molar-refractivity contribution >= 4 is 0 Å². The van der Waals surface area contributed by atoms with Gasteiger partial charge in [0.2, 0.25) is 0 Å². The van der Waals surface area contributed by atoms with Gasteiger partial charge >= 0.3 is 0 Å². The van der Waals surface area contributed by atoms with Gasteiger partial charge in [-0.25, -0.2) is 0 Å². The van der Waals surface area contributed by atoms with Gasteiger partial charge < -0.3 is 10.5 Å². The van der Waals surface area contributed by atoms with Crippen molar-refractivity contribution in [2.24, 2.45) is 5.73 Å². The maximum Gasteiger partial charge on any atom is 0.0502 e. The summed E-state index contributed by atoms with van der Waals surface area (Å²) in [6, 6.07) is 8.73. The Kier molecular flexibility index (Phi) is 5.37. The molecule has 0 fully saturated rings. The summed E-state index contributed by atoms with van der Waals surface area (Å²) in [5.74, 6) is 0. The van der Waals surface area contributed by atoms with Crippen LogP contribution in [0.25, 0.3) is 0 Å². The summed E-state index contributed by atoms with van der Waals surface area (Å²) in [5, 5.41) is 0. The molecule has 1 rings (SSSR count). The van der Waals surface area contributed by atoms with Crippen LogP contribution < -0.4 is 5.73 Å². The highest BCUT2D eigenvalue weighted by atomic mass is 16.5. The van der Waals surface area contributed by atoms with Crippen LogP contribution in [0.15, 0.2) is 24.3 Å². The van der Waals surface area contributed by atoms with Gasteiger partial charge in [0.1, 0.15) is 0 Å². The summed E-state index contributed by atoms with van der Waals surface area (Å²) in [4.78, 5) is 0. The summed E-state index contributed by atoms with van der Waals surface area (Å²) in [5.41, 5.74) is 8.57. The van der Waals surface area contributed by atoms with E-state index in [1.807, 2.05) is 0 Å². The Hall–Kier alpha value is -0.860. The molecule has 0 aliphatic rings. The molecule has 1 unspecified atom stereocenters. The molecule has 0 aliphatic heterocycles. The van der Waals surface area contributed by atoms with Crippen LogP contribution in [0.3, 0.4) is 0 Å². The molecule has 0 amide bonds. The van der Waals surface area contributed by atoms with Crippen LogP contribution >= 0.6 is 0 Å². The van der Waals surface area contributed by atoms with Crippen LogP contribution in [0.1, 0.15) is 36.9 Å². The van der Waals surface area contributed by atoms with Crippen molar-refractivity contribution in [2.75, 3.05) is 13.7 Å². The van der Waals surface area contributed by atoms with Gasteiger partial charge in [-0.2, -0.15) is 0 Å². The summed E-state index contributed by atoms with van der Waals surface area (Å²) in [7, 11) is 1.73. The molecule has 0 radical (unpaired) electrons. The van der Waals surface area contributed by atoms with E-state index in [0.29, 0.717) is 0 Å². The van der Waals surface area contributed by atoms with E-state index in [2.05, 4.69) is 31.2 Å². The summed E-state index contributed by atoms with van der Waals surface area (Å²) in [6.07, 6.45) is 3.16. The van der Waals surface area contributed by atoms with E-state index in [4.69, 9.17) is 10.5 Å². The van der Waals surface area contributed by atoms with Crippen molar-refractivity contribution in [3.8, 4) is 0 Å². The van der Waals surface area contributed by atoms with E-state index < -0.39 is 0 Å². The highest BCUT2D eigenvalue weighted by Gasteiger charge is 2.03. The highest BCUT2D eigenvalue weighted by Crippen LogP contribution is 2.16. The molecule has 84 valence electrons. The number of benzene rings is 1. The fourth-order valence-electron chi connectivity index (χ4n) is 1.63. The minimum Gasteiger partial charge on any atom is -0.384 e. The first-order valence-corrected chi connectivity index (χ1v) is 5.61. The number of nitrogens with two attached hydrogens (primary N) is 1. The molecule has 0 saturated carbocycles. The molecule has 0 spiro atoms. The molecule has 0 bridgehead atoms. The van der Waals surface area contributed by atoms with Crippen LogP contribution in [-0.4, -0.2) is 13.7 Å². The van der Waals surface area contributed by atoms with Crippen LogP contribution in [0, 0.1) is 0 Å². The summed E-state index contributed by atoms with van der Waals surface area (Å²) >= 11 is 0. The molecule has 0 aliphatic carbocycles. The number of ether oxygens (including phenoxy) is 1. The third kappa shape index (κ3) is 4.02. The quantitative estimate of drug-likeness (QED) is 0.778. The predicted octanol–water partition coefficient (Wildman–Crippen LogP) is 2.68. The number of hydrogen-bond acceptors (Lipinski definition) is 2. The lowest BCUT2D eigenvalue weighted by Gasteiger charge is -2.11. The van der Waals surface area contributed by atoms with E-state index in [-0.39, 0.29) is 6.04 Å². The van der Waals surface area contributed by atoms with Gasteiger partial charge in [0, 0.05) is 13.2 Å². The smallest absolute Gasteiger partial charge is 0.0502 e. The molecule has 0 saturated heterocycles. The van der Waals surface area contributed by atoms with E-state index in [1.54, 1.807) is 7.11 Å². The van der Waals surface area contributed by atoms with Crippen molar-refractivity contribution < 1.29 is 4.74 Å². The Morgan fingerprint density at radius 3 is 2.47 bits per heavy atom. The standard InChI is InChI=1S/C13H21NO/c1-3-4-13(14)12-7-5-11(6-8-12)9-10-15-2/h5-8,13H,3-4,9-10,14H2,1-2H3. The number of rotatable bonds is 6. The topological polar surface area (TPSA) is 35.2 Å². The largest absolute Gasteiger partial charge is 0.384 e. The molecule has 2 N–H and O–H groups in total. The predicted molar refractivity (Wildman–Crippen MR) is 63.9 cm³/mol. The number of methoxy groups -OCH3 is 1. The van der Waals surface area contributed by atoms with Crippen LogP contribution in [0.4, 0.5) is 0 Å². The Labute approximate surface area is 92.4 Å². The highest BCUT2D eigenvalue weighted by molar-refractivity contribution is 5.24. The van der Waals surface area contributed by atoms with Crippen molar-refractivity contribution in [2.45, 2.75) is 32.2 Å². The first-order valence-electron chi connectivity index (χ1n) is 5.61. The fourth-order valence-corrected chi connectivity index (χ4v) is 1.63. The lowest BCUT2D eigenvalue weighted by molar-refractivity contribution is 0.202. The van der Waals surface area contributed by atoms with Gasteiger partial charge in [0.25, 0.3) is 0 Å². The Morgan fingerprint density at radius 2 is 1.93 bits per heavy atom. The Balaban J connectivity index is 2.55. The van der Waals surface area contributed by atoms with Gasteiger partial charge in [-0.05, 0) is 24.0 Å². The molecule has 2 nitrogen and oxygen atoms in total. The normalized spacial score (nSPS) is 12.7. The Bertz CT molecular complexity index is 268. The Morgan fingerprint density at radius 1 is 1.27 bits per heavy atom. The zero-order valence-corrected chi connectivity index (χ0v) is 9.70. The summed E-state index contributed by atoms with van der Waals surface area (Å²) in [6.45, 7) is 2.94. The zero-order valence-electron chi connectivity index (χ0n) is 9.70. The lowest BCUT2D eigenvalue weighted by atomic mass is 10.0. The molecule has 1 aromatic rings. The molecule has 1 aromatic carbocycles. The van der Waals surface area contributed by atoms with Gasteiger partial charge in [-0.1, -0.05) is 37.6 Å². The first-order chi connectivity index (χ1) is 7.27. The van der Waals surface area contributed by atoms with Gasteiger partial charge in [0.05, 0.1) is 6.61 Å². The van der Waals surface area contributed by atoms with Crippen LogP contribution in [0.5, 0.6) is 0 Å². The molecule has 0 heterocycles. The maximum absolute atomic E-state index is 6.03. The second-order valence-electron chi connectivity index (χ2n) is 3.88. The van der Waals surface area contributed by atoms with Crippen molar-refractivity contribution in [3.63, 3.8) is 0 Å². The van der Waals surface area contributed by atoms with Gasteiger partial charge in [-0.3, -0.25) is 0 Å². The molecule has 15 heavy (non-hydrogen) atoms. The summed E-state index contributed by atoms with van der Waals surface area (Å²) < 4.78 is 5.04. The van der Waals surface area contributed by atoms with E-state index in [1.165, 1.54) is 11.1 Å². The molecule has 1 atom stereocenters. The average Bonchev–Trinajstić information content (AvgIpc) is 2.27. The lowest BCUT2D eigenvalue weighted by Crippen LogP contribution is -2.09. The molecular formula is C13H21NO. The first kappa shape index (κ1) is 12.2. The second-order valence-corrected chi connectivity index (χ2v) is 3.88. The monoisotopic (exact) mass is 207 g/mol.